The van der Waals surface area contributed by atoms with Gasteiger partial charge >= 0.3 is 0 Å². The van der Waals surface area contributed by atoms with Gasteiger partial charge in [-0.25, -0.2) is 0 Å². The minimum Gasteiger partial charge on any atom is -0.393 e. The van der Waals surface area contributed by atoms with E-state index in [0.717, 1.165) is 12.8 Å². The summed E-state index contributed by atoms with van der Waals surface area (Å²) in [5.74, 6) is 0. The maximum Gasteiger partial charge on any atom is 0.0606 e. The number of aliphatic hydroxyl groups is 1. The molecule has 0 heterocycles. The van der Waals surface area contributed by atoms with Crippen molar-refractivity contribution in [3.8, 4) is 0 Å². The van der Waals surface area contributed by atoms with E-state index in [-0.39, 0.29) is 11.5 Å². The Bertz CT molecular complexity index is 266. The molecule has 0 aliphatic rings. The maximum absolute atomic E-state index is 9.86. The smallest absolute Gasteiger partial charge is 0.0606 e. The van der Waals surface area contributed by atoms with Crippen molar-refractivity contribution in [3.63, 3.8) is 0 Å². The number of aliphatic hydroxyl groups excluding tert-OH is 1. The molecule has 0 radical (unpaired) electrons. The summed E-state index contributed by atoms with van der Waals surface area (Å²) in [5.41, 5.74) is 1.13. The number of benzene rings is 1. The molecule has 1 heteroatoms. The van der Waals surface area contributed by atoms with Crippen LogP contribution in [-0.4, -0.2) is 11.2 Å². The van der Waals surface area contributed by atoms with Crippen LogP contribution in [0.15, 0.2) is 30.3 Å². The molecule has 0 saturated carbocycles. The molecule has 0 spiro atoms. The standard InChI is InChI=1S/C13H20O/c1-4-10-13(3,11(2)14)12-8-6-5-7-9-12/h5-9,11,14H,4,10H2,1-3H3/t11?,13-/m1/s1. The summed E-state index contributed by atoms with van der Waals surface area (Å²) in [7, 11) is 0. The SMILES string of the molecule is CCC[C@@](C)(c1ccccc1)C(C)O. The van der Waals surface area contributed by atoms with E-state index in [1.165, 1.54) is 5.56 Å². The molecule has 1 nitrogen and oxygen atoms in total. The number of rotatable bonds is 4. The first-order valence-corrected chi connectivity index (χ1v) is 5.35. The minimum atomic E-state index is -0.301. The van der Waals surface area contributed by atoms with Crippen LogP contribution in [-0.2, 0) is 5.41 Å². The van der Waals surface area contributed by atoms with E-state index in [9.17, 15) is 5.11 Å². The molecule has 1 rings (SSSR count). The predicted octanol–water partition coefficient (Wildman–Crippen LogP) is 3.13. The Hall–Kier alpha value is -0.820. The summed E-state index contributed by atoms with van der Waals surface area (Å²) in [6, 6.07) is 10.3. The Morgan fingerprint density at radius 1 is 1.29 bits per heavy atom. The summed E-state index contributed by atoms with van der Waals surface area (Å²) in [4.78, 5) is 0. The minimum absolute atomic E-state index is 0.101. The van der Waals surface area contributed by atoms with Gasteiger partial charge < -0.3 is 5.11 Å². The molecule has 0 aromatic heterocycles. The van der Waals surface area contributed by atoms with E-state index < -0.39 is 0 Å². The summed E-state index contributed by atoms with van der Waals surface area (Å²) in [6.07, 6.45) is 1.81. The second kappa shape index (κ2) is 4.61. The number of hydrogen-bond acceptors (Lipinski definition) is 1. The van der Waals surface area contributed by atoms with Crippen molar-refractivity contribution in [3.05, 3.63) is 35.9 Å². The molecule has 0 fully saturated rings. The zero-order valence-corrected chi connectivity index (χ0v) is 9.33. The van der Waals surface area contributed by atoms with E-state index in [0.29, 0.717) is 0 Å². The molecule has 1 unspecified atom stereocenters. The molecule has 0 aliphatic carbocycles. The fourth-order valence-electron chi connectivity index (χ4n) is 1.93. The molecule has 1 aromatic rings. The molecule has 14 heavy (non-hydrogen) atoms. The summed E-state index contributed by atoms with van der Waals surface area (Å²) in [6.45, 7) is 6.17. The topological polar surface area (TPSA) is 20.2 Å². The molecule has 78 valence electrons. The third-order valence-electron chi connectivity index (χ3n) is 3.12. The first-order chi connectivity index (χ1) is 6.61. The van der Waals surface area contributed by atoms with Gasteiger partial charge in [0.05, 0.1) is 6.10 Å². The highest BCUT2D eigenvalue weighted by atomic mass is 16.3. The molecule has 0 aliphatic heterocycles. The van der Waals surface area contributed by atoms with E-state index >= 15 is 0 Å². The van der Waals surface area contributed by atoms with Crippen molar-refractivity contribution >= 4 is 0 Å². The Kier molecular flexibility index (Phi) is 3.70. The van der Waals surface area contributed by atoms with Gasteiger partial charge in [-0.15, -0.1) is 0 Å². The largest absolute Gasteiger partial charge is 0.393 e. The highest BCUT2D eigenvalue weighted by molar-refractivity contribution is 5.25. The van der Waals surface area contributed by atoms with Crippen LogP contribution in [0.3, 0.4) is 0 Å². The van der Waals surface area contributed by atoms with Crippen LogP contribution in [0.1, 0.15) is 39.2 Å². The predicted molar refractivity (Wildman–Crippen MR) is 60.4 cm³/mol. The highest BCUT2D eigenvalue weighted by Crippen LogP contribution is 2.32. The first-order valence-electron chi connectivity index (χ1n) is 5.35. The van der Waals surface area contributed by atoms with Crippen molar-refractivity contribution < 1.29 is 5.11 Å². The van der Waals surface area contributed by atoms with Crippen LogP contribution >= 0.6 is 0 Å². The van der Waals surface area contributed by atoms with E-state index in [4.69, 9.17) is 0 Å². The third-order valence-corrected chi connectivity index (χ3v) is 3.12. The van der Waals surface area contributed by atoms with Crippen LogP contribution in [0, 0.1) is 0 Å². The third kappa shape index (κ3) is 2.16. The van der Waals surface area contributed by atoms with Crippen LogP contribution in [0.4, 0.5) is 0 Å². The number of hydrogen-bond donors (Lipinski definition) is 1. The Balaban J connectivity index is 2.99. The summed E-state index contributed by atoms with van der Waals surface area (Å²) >= 11 is 0. The highest BCUT2D eigenvalue weighted by Gasteiger charge is 2.30. The van der Waals surface area contributed by atoms with Crippen LogP contribution < -0.4 is 0 Å². The molecule has 0 bridgehead atoms. The molecule has 0 saturated heterocycles. The molecular weight excluding hydrogens is 172 g/mol. The summed E-state index contributed by atoms with van der Waals surface area (Å²) in [5, 5.41) is 9.86. The van der Waals surface area contributed by atoms with Crippen LogP contribution in [0.25, 0.3) is 0 Å². The van der Waals surface area contributed by atoms with Gasteiger partial charge in [-0.3, -0.25) is 0 Å². The second-order valence-corrected chi connectivity index (χ2v) is 4.21. The van der Waals surface area contributed by atoms with Gasteiger partial charge in [-0.05, 0) is 18.9 Å². The molecule has 0 amide bonds. The average Bonchev–Trinajstić information content (AvgIpc) is 2.19. The van der Waals surface area contributed by atoms with Crippen LogP contribution in [0.5, 0.6) is 0 Å². The van der Waals surface area contributed by atoms with Crippen molar-refractivity contribution in [1.82, 2.24) is 0 Å². The zero-order chi connectivity index (χ0) is 10.6. The van der Waals surface area contributed by atoms with Crippen molar-refractivity contribution in [2.24, 2.45) is 0 Å². The van der Waals surface area contributed by atoms with E-state index in [2.05, 4.69) is 26.0 Å². The monoisotopic (exact) mass is 192 g/mol. The summed E-state index contributed by atoms with van der Waals surface area (Å²) < 4.78 is 0. The Labute approximate surface area is 86.8 Å². The average molecular weight is 192 g/mol. The van der Waals surface area contributed by atoms with Gasteiger partial charge in [0.2, 0.25) is 0 Å². The van der Waals surface area contributed by atoms with Gasteiger partial charge in [0.25, 0.3) is 0 Å². The quantitative estimate of drug-likeness (QED) is 0.777. The molecule has 1 N–H and O–H groups in total. The maximum atomic E-state index is 9.86. The lowest BCUT2D eigenvalue weighted by molar-refractivity contribution is 0.100. The first kappa shape index (κ1) is 11.3. The Morgan fingerprint density at radius 2 is 1.86 bits per heavy atom. The molecular formula is C13H20O. The lowest BCUT2D eigenvalue weighted by Crippen LogP contribution is -2.34. The lowest BCUT2D eigenvalue weighted by Gasteiger charge is -2.33. The van der Waals surface area contributed by atoms with E-state index in [1.54, 1.807) is 0 Å². The van der Waals surface area contributed by atoms with Gasteiger partial charge in [0, 0.05) is 5.41 Å². The fraction of sp³-hybridized carbons (Fsp3) is 0.538. The van der Waals surface area contributed by atoms with Crippen molar-refractivity contribution in [2.45, 2.75) is 45.1 Å². The van der Waals surface area contributed by atoms with Gasteiger partial charge in [-0.1, -0.05) is 50.6 Å². The van der Waals surface area contributed by atoms with Gasteiger partial charge in [-0.2, -0.15) is 0 Å². The lowest BCUT2D eigenvalue weighted by atomic mass is 9.75. The second-order valence-electron chi connectivity index (χ2n) is 4.21. The molecule has 2 atom stereocenters. The molecule has 1 aromatic carbocycles. The van der Waals surface area contributed by atoms with Crippen molar-refractivity contribution in [2.75, 3.05) is 0 Å². The normalized spacial score (nSPS) is 17.4. The fourth-order valence-corrected chi connectivity index (χ4v) is 1.93. The van der Waals surface area contributed by atoms with Gasteiger partial charge in [0.15, 0.2) is 0 Å². The van der Waals surface area contributed by atoms with Crippen LogP contribution in [0.2, 0.25) is 0 Å². The van der Waals surface area contributed by atoms with Crippen molar-refractivity contribution in [1.29, 1.82) is 0 Å². The van der Waals surface area contributed by atoms with Gasteiger partial charge in [0.1, 0.15) is 0 Å². The zero-order valence-electron chi connectivity index (χ0n) is 9.33. The Morgan fingerprint density at radius 3 is 2.29 bits per heavy atom. The van der Waals surface area contributed by atoms with E-state index in [1.807, 2.05) is 25.1 Å².